The fourth-order valence-corrected chi connectivity index (χ4v) is 4.28. The van der Waals surface area contributed by atoms with E-state index in [0.717, 1.165) is 52.1 Å². The second kappa shape index (κ2) is 10.4. The standard InChI is InChI=1S/C21H29ClFN3O3/c1-16(27)26(9-3-7-24-10-12-29-13-11-24)18-4-2-8-25(15-18)21(28)19-14-17(22)5-6-20(19)23/h5-6,14,18H,2-4,7-13,15H2,1H3. The minimum atomic E-state index is -0.574. The predicted octanol–water partition coefficient (Wildman–Crippen LogP) is 2.65. The van der Waals surface area contributed by atoms with Crippen molar-refractivity contribution in [2.45, 2.75) is 32.2 Å². The largest absolute Gasteiger partial charge is 0.379 e. The molecule has 2 fully saturated rings. The van der Waals surface area contributed by atoms with E-state index in [4.69, 9.17) is 16.3 Å². The number of piperidine rings is 1. The molecule has 8 heteroatoms. The van der Waals surface area contributed by atoms with Crippen molar-refractivity contribution in [1.29, 1.82) is 0 Å². The molecule has 1 aromatic carbocycles. The van der Waals surface area contributed by atoms with Crippen LogP contribution in [0.2, 0.25) is 5.02 Å². The number of hydrogen-bond acceptors (Lipinski definition) is 4. The third-order valence-corrected chi connectivity index (χ3v) is 5.90. The zero-order chi connectivity index (χ0) is 20.8. The number of benzene rings is 1. The third-order valence-electron chi connectivity index (χ3n) is 5.66. The van der Waals surface area contributed by atoms with Gasteiger partial charge in [-0.05, 0) is 37.5 Å². The van der Waals surface area contributed by atoms with E-state index >= 15 is 0 Å². The van der Waals surface area contributed by atoms with E-state index in [1.54, 1.807) is 11.8 Å². The fourth-order valence-electron chi connectivity index (χ4n) is 4.11. The summed E-state index contributed by atoms with van der Waals surface area (Å²) in [7, 11) is 0. The molecule has 1 unspecified atom stereocenters. The topological polar surface area (TPSA) is 53.1 Å². The van der Waals surface area contributed by atoms with Crippen LogP contribution in [0.15, 0.2) is 18.2 Å². The van der Waals surface area contributed by atoms with E-state index < -0.39 is 5.82 Å². The van der Waals surface area contributed by atoms with Crippen LogP contribution in [0, 0.1) is 5.82 Å². The second-order valence-corrected chi connectivity index (χ2v) is 8.13. The molecule has 0 bridgehead atoms. The van der Waals surface area contributed by atoms with Gasteiger partial charge in [-0.1, -0.05) is 11.6 Å². The first-order chi connectivity index (χ1) is 14.0. The smallest absolute Gasteiger partial charge is 0.256 e. The van der Waals surface area contributed by atoms with E-state index in [1.807, 2.05) is 4.90 Å². The fraction of sp³-hybridized carbons (Fsp3) is 0.619. The van der Waals surface area contributed by atoms with Crippen molar-refractivity contribution in [3.05, 3.63) is 34.6 Å². The van der Waals surface area contributed by atoms with E-state index in [0.29, 0.717) is 24.7 Å². The number of carbonyl (C=O) groups is 2. The predicted molar refractivity (Wildman–Crippen MR) is 110 cm³/mol. The van der Waals surface area contributed by atoms with Crippen molar-refractivity contribution in [2.24, 2.45) is 0 Å². The van der Waals surface area contributed by atoms with E-state index in [1.165, 1.54) is 18.2 Å². The van der Waals surface area contributed by atoms with Gasteiger partial charge >= 0.3 is 0 Å². The van der Waals surface area contributed by atoms with Gasteiger partial charge in [0, 0.05) is 57.3 Å². The molecular weight excluding hydrogens is 397 g/mol. The molecule has 2 amide bonds. The number of nitrogens with zero attached hydrogens (tertiary/aromatic N) is 3. The number of rotatable bonds is 6. The van der Waals surface area contributed by atoms with Gasteiger partial charge in [-0.3, -0.25) is 14.5 Å². The Hall–Kier alpha value is -1.70. The summed E-state index contributed by atoms with van der Waals surface area (Å²) in [5, 5.41) is 0.330. The summed E-state index contributed by atoms with van der Waals surface area (Å²) in [6.45, 7) is 7.51. The van der Waals surface area contributed by atoms with Crippen molar-refractivity contribution < 1.29 is 18.7 Å². The number of ether oxygens (including phenoxy) is 1. The Kier molecular flexibility index (Phi) is 7.86. The summed E-state index contributed by atoms with van der Waals surface area (Å²) in [6.07, 6.45) is 2.51. The van der Waals surface area contributed by atoms with E-state index in [2.05, 4.69) is 4.90 Å². The van der Waals surface area contributed by atoms with Gasteiger partial charge < -0.3 is 14.5 Å². The number of morpholine rings is 1. The Morgan fingerprint density at radius 3 is 2.76 bits per heavy atom. The van der Waals surface area contributed by atoms with Gasteiger partial charge in [-0.15, -0.1) is 0 Å². The molecule has 6 nitrogen and oxygen atoms in total. The normalized spacial score (nSPS) is 20.5. The average molecular weight is 426 g/mol. The van der Waals surface area contributed by atoms with Gasteiger partial charge in [0.2, 0.25) is 5.91 Å². The number of amides is 2. The molecule has 0 radical (unpaired) electrons. The lowest BCUT2D eigenvalue weighted by Crippen LogP contribution is -2.52. The first-order valence-corrected chi connectivity index (χ1v) is 10.6. The molecular formula is C21H29ClFN3O3. The molecule has 0 aliphatic carbocycles. The van der Waals surface area contributed by atoms with Crippen LogP contribution in [-0.4, -0.2) is 85.0 Å². The number of likely N-dealkylation sites (tertiary alicyclic amines) is 1. The molecule has 29 heavy (non-hydrogen) atoms. The monoisotopic (exact) mass is 425 g/mol. The van der Waals surface area contributed by atoms with Crippen LogP contribution in [-0.2, 0) is 9.53 Å². The van der Waals surface area contributed by atoms with Crippen LogP contribution >= 0.6 is 11.6 Å². The van der Waals surface area contributed by atoms with Crippen LogP contribution in [0.1, 0.15) is 36.5 Å². The second-order valence-electron chi connectivity index (χ2n) is 7.69. The summed E-state index contributed by atoms with van der Waals surface area (Å²) in [6, 6.07) is 3.97. The highest BCUT2D eigenvalue weighted by atomic mass is 35.5. The van der Waals surface area contributed by atoms with Crippen molar-refractivity contribution in [1.82, 2.24) is 14.7 Å². The number of hydrogen-bond donors (Lipinski definition) is 0. The zero-order valence-electron chi connectivity index (χ0n) is 16.9. The summed E-state index contributed by atoms with van der Waals surface area (Å²) < 4.78 is 19.5. The Morgan fingerprint density at radius 2 is 2.03 bits per heavy atom. The van der Waals surface area contributed by atoms with Crippen LogP contribution in [0.3, 0.4) is 0 Å². The van der Waals surface area contributed by atoms with Crippen LogP contribution in [0.4, 0.5) is 4.39 Å². The highest BCUT2D eigenvalue weighted by molar-refractivity contribution is 6.31. The maximum absolute atomic E-state index is 14.1. The molecule has 160 valence electrons. The molecule has 2 aliphatic rings. The van der Waals surface area contributed by atoms with Crippen LogP contribution in [0.25, 0.3) is 0 Å². The Morgan fingerprint density at radius 1 is 1.28 bits per heavy atom. The minimum Gasteiger partial charge on any atom is -0.379 e. The van der Waals surface area contributed by atoms with Crippen molar-refractivity contribution in [2.75, 3.05) is 52.5 Å². The summed E-state index contributed by atoms with van der Waals surface area (Å²) in [5.74, 6) is -0.929. The Balaban J connectivity index is 1.59. The highest BCUT2D eigenvalue weighted by Crippen LogP contribution is 2.22. The molecule has 3 rings (SSSR count). The third kappa shape index (κ3) is 5.90. The van der Waals surface area contributed by atoms with E-state index in [9.17, 15) is 14.0 Å². The zero-order valence-corrected chi connectivity index (χ0v) is 17.7. The average Bonchev–Trinajstić information content (AvgIpc) is 2.73. The van der Waals surface area contributed by atoms with Gasteiger partial charge in [0.05, 0.1) is 18.8 Å². The highest BCUT2D eigenvalue weighted by Gasteiger charge is 2.30. The maximum atomic E-state index is 14.1. The van der Waals surface area contributed by atoms with Crippen molar-refractivity contribution in [3.63, 3.8) is 0 Å². The molecule has 1 atom stereocenters. The van der Waals surface area contributed by atoms with Crippen LogP contribution < -0.4 is 0 Å². The quantitative estimate of drug-likeness (QED) is 0.703. The molecule has 2 aliphatic heterocycles. The number of halogens is 2. The molecule has 2 heterocycles. The lowest BCUT2D eigenvalue weighted by atomic mass is 10.0. The van der Waals surface area contributed by atoms with Gasteiger partial charge in [0.25, 0.3) is 5.91 Å². The SMILES string of the molecule is CC(=O)N(CCCN1CCOCC1)C1CCCN(C(=O)c2cc(Cl)ccc2F)C1. The number of carbonyl (C=O) groups excluding carboxylic acids is 2. The Bertz CT molecular complexity index is 727. The molecule has 0 saturated carbocycles. The molecule has 1 aromatic rings. The minimum absolute atomic E-state index is 0.0140. The molecule has 0 aromatic heterocycles. The summed E-state index contributed by atoms with van der Waals surface area (Å²) in [4.78, 5) is 31.0. The Labute approximate surface area is 176 Å². The van der Waals surface area contributed by atoms with Crippen LogP contribution in [0.5, 0.6) is 0 Å². The molecule has 2 saturated heterocycles. The van der Waals surface area contributed by atoms with Gasteiger partial charge in [-0.2, -0.15) is 0 Å². The van der Waals surface area contributed by atoms with Gasteiger partial charge in [0.1, 0.15) is 5.82 Å². The van der Waals surface area contributed by atoms with Gasteiger partial charge in [0.15, 0.2) is 0 Å². The first-order valence-electron chi connectivity index (χ1n) is 10.3. The van der Waals surface area contributed by atoms with Gasteiger partial charge in [-0.25, -0.2) is 4.39 Å². The maximum Gasteiger partial charge on any atom is 0.256 e. The molecule has 0 spiro atoms. The van der Waals surface area contributed by atoms with Crippen molar-refractivity contribution in [3.8, 4) is 0 Å². The molecule has 0 N–H and O–H groups in total. The van der Waals surface area contributed by atoms with Crippen molar-refractivity contribution >= 4 is 23.4 Å². The van der Waals surface area contributed by atoms with E-state index in [-0.39, 0.29) is 23.4 Å². The first kappa shape index (κ1) is 22.0. The summed E-state index contributed by atoms with van der Waals surface area (Å²) >= 11 is 5.94. The summed E-state index contributed by atoms with van der Waals surface area (Å²) in [5.41, 5.74) is -0.0140. The lowest BCUT2D eigenvalue weighted by Gasteiger charge is -2.39. The lowest BCUT2D eigenvalue weighted by molar-refractivity contribution is -0.132.